The molecule has 1 aromatic heterocycles. The van der Waals surface area contributed by atoms with Gasteiger partial charge in [-0.15, -0.1) is 0 Å². The van der Waals surface area contributed by atoms with Crippen molar-refractivity contribution in [2.24, 2.45) is 0 Å². The van der Waals surface area contributed by atoms with Gasteiger partial charge in [-0.1, -0.05) is 12.8 Å². The van der Waals surface area contributed by atoms with Crippen LogP contribution in [0.5, 0.6) is 0 Å². The molecular formula is C13H21FN4O2. The van der Waals surface area contributed by atoms with Crippen LogP contribution in [0.3, 0.4) is 0 Å². The number of hydrogen-bond acceptors (Lipinski definition) is 6. The fourth-order valence-corrected chi connectivity index (χ4v) is 2.36. The first-order valence-electron chi connectivity index (χ1n) is 6.86. The van der Waals surface area contributed by atoms with Crippen LogP contribution < -0.4 is 11.1 Å². The predicted molar refractivity (Wildman–Crippen MR) is 73.9 cm³/mol. The van der Waals surface area contributed by atoms with Gasteiger partial charge in [0.25, 0.3) is 0 Å². The van der Waals surface area contributed by atoms with Crippen molar-refractivity contribution in [3.8, 4) is 0 Å². The van der Waals surface area contributed by atoms with Crippen LogP contribution in [-0.4, -0.2) is 42.4 Å². The molecule has 1 fully saturated rings. The van der Waals surface area contributed by atoms with E-state index < -0.39 is 5.82 Å². The fourth-order valence-electron chi connectivity index (χ4n) is 2.36. The van der Waals surface area contributed by atoms with Gasteiger partial charge in [-0.25, -0.2) is 9.37 Å². The van der Waals surface area contributed by atoms with Gasteiger partial charge in [0.1, 0.15) is 0 Å². The minimum absolute atomic E-state index is 0.0915. The number of hydrogen-bond donors (Lipinski definition) is 2. The number of methoxy groups -OCH3 is 1. The average molecular weight is 284 g/mol. The van der Waals surface area contributed by atoms with E-state index >= 15 is 0 Å². The van der Waals surface area contributed by atoms with Crippen LogP contribution in [0.1, 0.15) is 25.7 Å². The largest absolute Gasteiger partial charge is 0.382 e. The highest BCUT2D eigenvalue weighted by Gasteiger charge is 2.26. The van der Waals surface area contributed by atoms with E-state index in [0.29, 0.717) is 19.2 Å². The Balaban J connectivity index is 1.95. The number of aromatic nitrogens is 2. The maximum absolute atomic E-state index is 13.0. The van der Waals surface area contributed by atoms with Crippen molar-refractivity contribution in [3.63, 3.8) is 0 Å². The third-order valence-corrected chi connectivity index (χ3v) is 3.41. The van der Waals surface area contributed by atoms with Gasteiger partial charge in [0.2, 0.25) is 5.95 Å². The smallest absolute Gasteiger partial charge is 0.225 e. The SMILES string of the molecule is COCCO[C@@H]1CCCC[C@H]1Nc1ncc(F)c(N)n1. The molecule has 0 radical (unpaired) electrons. The number of halogens is 1. The molecular weight excluding hydrogens is 263 g/mol. The highest BCUT2D eigenvalue weighted by Crippen LogP contribution is 2.24. The summed E-state index contributed by atoms with van der Waals surface area (Å²) in [6.45, 7) is 1.13. The lowest BCUT2D eigenvalue weighted by atomic mass is 9.92. The first-order valence-corrected chi connectivity index (χ1v) is 6.86. The second-order valence-electron chi connectivity index (χ2n) is 4.86. The molecule has 3 N–H and O–H groups in total. The first kappa shape index (κ1) is 14.9. The van der Waals surface area contributed by atoms with Crippen molar-refractivity contribution in [2.75, 3.05) is 31.4 Å². The third kappa shape index (κ3) is 4.01. The Morgan fingerprint density at radius 2 is 2.20 bits per heavy atom. The molecule has 2 atom stereocenters. The number of anilines is 2. The minimum atomic E-state index is -0.605. The lowest BCUT2D eigenvalue weighted by Gasteiger charge is -2.32. The molecule has 1 aliphatic rings. The summed E-state index contributed by atoms with van der Waals surface area (Å²) in [7, 11) is 1.65. The van der Waals surface area contributed by atoms with E-state index in [4.69, 9.17) is 15.2 Å². The van der Waals surface area contributed by atoms with Crippen molar-refractivity contribution in [2.45, 2.75) is 37.8 Å². The van der Waals surface area contributed by atoms with Crippen LogP contribution in [0.15, 0.2) is 6.20 Å². The van der Waals surface area contributed by atoms with E-state index in [1.807, 2.05) is 0 Å². The number of nitrogen functional groups attached to an aromatic ring is 1. The van der Waals surface area contributed by atoms with Crippen LogP contribution >= 0.6 is 0 Å². The summed E-state index contributed by atoms with van der Waals surface area (Å²) in [6.07, 6.45) is 5.39. The molecule has 0 aliphatic heterocycles. The quantitative estimate of drug-likeness (QED) is 0.772. The van der Waals surface area contributed by atoms with Crippen molar-refractivity contribution < 1.29 is 13.9 Å². The normalized spacial score (nSPS) is 22.7. The Morgan fingerprint density at radius 3 is 2.95 bits per heavy atom. The Labute approximate surface area is 117 Å². The summed E-state index contributed by atoms with van der Waals surface area (Å²) in [6, 6.07) is 0.116. The van der Waals surface area contributed by atoms with Crippen molar-refractivity contribution in [1.29, 1.82) is 0 Å². The molecule has 0 spiro atoms. The van der Waals surface area contributed by atoms with Crippen LogP contribution in [-0.2, 0) is 9.47 Å². The maximum atomic E-state index is 13.0. The van der Waals surface area contributed by atoms with Gasteiger partial charge >= 0.3 is 0 Å². The Hall–Kier alpha value is -1.47. The Morgan fingerprint density at radius 1 is 1.40 bits per heavy atom. The number of nitrogens with two attached hydrogens (primary N) is 1. The van der Waals surface area contributed by atoms with Gasteiger partial charge in [0.15, 0.2) is 11.6 Å². The average Bonchev–Trinajstić information content (AvgIpc) is 2.45. The van der Waals surface area contributed by atoms with E-state index in [1.165, 1.54) is 0 Å². The predicted octanol–water partition coefficient (Wildman–Crippen LogP) is 1.58. The standard InChI is InChI=1S/C13H21FN4O2/c1-19-6-7-20-11-5-3-2-4-10(11)17-13-16-8-9(14)12(15)18-13/h8,10-11H,2-7H2,1H3,(H3,15,16,17,18)/t10-,11-/m1/s1. The monoisotopic (exact) mass is 284 g/mol. The van der Waals surface area contributed by atoms with Crippen molar-refractivity contribution >= 4 is 11.8 Å². The molecule has 0 aromatic carbocycles. The zero-order valence-corrected chi connectivity index (χ0v) is 11.6. The summed E-state index contributed by atoms with van der Waals surface area (Å²) in [5.41, 5.74) is 5.44. The molecule has 2 rings (SSSR count). The van der Waals surface area contributed by atoms with E-state index in [-0.39, 0.29) is 18.0 Å². The summed E-state index contributed by atoms with van der Waals surface area (Å²) < 4.78 is 23.8. The van der Waals surface area contributed by atoms with Crippen LogP contribution in [0.4, 0.5) is 16.2 Å². The zero-order chi connectivity index (χ0) is 14.4. The van der Waals surface area contributed by atoms with Gasteiger partial charge in [0, 0.05) is 7.11 Å². The number of nitrogens with zero attached hydrogens (tertiary/aromatic N) is 2. The van der Waals surface area contributed by atoms with Crippen LogP contribution in [0.2, 0.25) is 0 Å². The minimum Gasteiger partial charge on any atom is -0.382 e. The van der Waals surface area contributed by atoms with Crippen molar-refractivity contribution in [3.05, 3.63) is 12.0 Å². The lowest BCUT2D eigenvalue weighted by Crippen LogP contribution is -2.39. The summed E-state index contributed by atoms with van der Waals surface area (Å²) in [5.74, 6) is -0.404. The Kier molecular flexibility index (Phi) is 5.49. The van der Waals surface area contributed by atoms with Crippen molar-refractivity contribution in [1.82, 2.24) is 9.97 Å². The van der Waals surface area contributed by atoms with Gasteiger partial charge in [-0.05, 0) is 12.8 Å². The van der Waals surface area contributed by atoms with E-state index in [1.54, 1.807) is 7.11 Å². The second-order valence-corrected chi connectivity index (χ2v) is 4.86. The molecule has 1 aromatic rings. The molecule has 0 saturated heterocycles. The topological polar surface area (TPSA) is 82.3 Å². The molecule has 1 heterocycles. The lowest BCUT2D eigenvalue weighted by molar-refractivity contribution is -0.00650. The molecule has 0 unspecified atom stereocenters. The maximum Gasteiger partial charge on any atom is 0.225 e. The molecule has 112 valence electrons. The molecule has 1 saturated carbocycles. The van der Waals surface area contributed by atoms with Crippen LogP contribution in [0, 0.1) is 5.82 Å². The van der Waals surface area contributed by atoms with E-state index in [0.717, 1.165) is 31.9 Å². The van der Waals surface area contributed by atoms with E-state index in [2.05, 4.69) is 15.3 Å². The number of rotatable bonds is 6. The summed E-state index contributed by atoms with van der Waals surface area (Å²) in [5, 5.41) is 3.19. The molecule has 20 heavy (non-hydrogen) atoms. The molecule has 1 aliphatic carbocycles. The number of ether oxygens (including phenoxy) is 2. The second kappa shape index (κ2) is 7.35. The molecule has 0 amide bonds. The first-order chi connectivity index (χ1) is 9.70. The third-order valence-electron chi connectivity index (χ3n) is 3.41. The zero-order valence-electron chi connectivity index (χ0n) is 11.6. The van der Waals surface area contributed by atoms with E-state index in [9.17, 15) is 4.39 Å². The Bertz CT molecular complexity index is 433. The van der Waals surface area contributed by atoms with Gasteiger partial charge < -0.3 is 20.5 Å². The highest BCUT2D eigenvalue weighted by atomic mass is 19.1. The summed E-state index contributed by atoms with van der Waals surface area (Å²) >= 11 is 0. The van der Waals surface area contributed by atoms with Gasteiger partial charge in [0.05, 0.1) is 31.6 Å². The highest BCUT2D eigenvalue weighted by molar-refractivity contribution is 5.37. The van der Waals surface area contributed by atoms with Gasteiger partial charge in [-0.3, -0.25) is 0 Å². The summed E-state index contributed by atoms with van der Waals surface area (Å²) in [4.78, 5) is 7.80. The molecule has 0 bridgehead atoms. The molecule has 7 heteroatoms. The van der Waals surface area contributed by atoms with Crippen LogP contribution in [0.25, 0.3) is 0 Å². The van der Waals surface area contributed by atoms with Gasteiger partial charge in [-0.2, -0.15) is 4.98 Å². The number of nitrogens with one attached hydrogen (secondary N) is 1. The fraction of sp³-hybridized carbons (Fsp3) is 0.692. The molecule has 6 nitrogen and oxygen atoms in total.